The van der Waals surface area contributed by atoms with E-state index in [9.17, 15) is 5.11 Å². The fourth-order valence-electron chi connectivity index (χ4n) is 5.34. The van der Waals surface area contributed by atoms with E-state index < -0.39 is 5.60 Å². The maximum atomic E-state index is 12.1. The van der Waals surface area contributed by atoms with Crippen molar-refractivity contribution in [3.8, 4) is 0 Å². The maximum Gasteiger partial charge on any atom is 0.0964 e. The van der Waals surface area contributed by atoms with E-state index in [-0.39, 0.29) is 11.5 Å². The SMILES string of the molecule is CN(C)C1(c2ccccc2)CCC(C(O)(Cc2ccncc2)c2ccccc2)CC1. The van der Waals surface area contributed by atoms with Gasteiger partial charge in [0.05, 0.1) is 5.60 Å². The van der Waals surface area contributed by atoms with E-state index in [1.165, 1.54) is 5.56 Å². The van der Waals surface area contributed by atoms with Crippen LogP contribution in [0.4, 0.5) is 0 Å². The summed E-state index contributed by atoms with van der Waals surface area (Å²) in [5.74, 6) is 0.213. The summed E-state index contributed by atoms with van der Waals surface area (Å²) in [6, 6.07) is 25.1. The number of aromatic nitrogens is 1. The highest BCUT2D eigenvalue weighted by atomic mass is 16.3. The summed E-state index contributed by atoms with van der Waals surface area (Å²) in [6.45, 7) is 0. The molecular weight excluding hydrogens is 368 g/mol. The zero-order valence-corrected chi connectivity index (χ0v) is 18.0. The van der Waals surface area contributed by atoms with Gasteiger partial charge in [0, 0.05) is 24.4 Å². The molecular formula is C27H32N2O. The molecule has 0 amide bonds. The number of hydrogen-bond acceptors (Lipinski definition) is 3. The van der Waals surface area contributed by atoms with Gasteiger partial charge >= 0.3 is 0 Å². The molecule has 30 heavy (non-hydrogen) atoms. The molecule has 0 saturated heterocycles. The van der Waals surface area contributed by atoms with E-state index in [2.05, 4.69) is 66.4 Å². The largest absolute Gasteiger partial charge is 0.385 e. The van der Waals surface area contributed by atoms with Crippen LogP contribution in [0.1, 0.15) is 42.4 Å². The summed E-state index contributed by atoms with van der Waals surface area (Å²) >= 11 is 0. The van der Waals surface area contributed by atoms with E-state index in [4.69, 9.17) is 0 Å². The molecule has 2 aromatic carbocycles. The molecule has 1 unspecified atom stereocenters. The van der Waals surface area contributed by atoms with E-state index >= 15 is 0 Å². The van der Waals surface area contributed by atoms with Gasteiger partial charge in [-0.15, -0.1) is 0 Å². The van der Waals surface area contributed by atoms with Crippen LogP contribution in [-0.2, 0) is 17.6 Å². The maximum absolute atomic E-state index is 12.1. The molecule has 1 atom stereocenters. The summed E-state index contributed by atoms with van der Waals surface area (Å²) < 4.78 is 0. The average molecular weight is 401 g/mol. The summed E-state index contributed by atoms with van der Waals surface area (Å²) in [5, 5.41) is 12.1. The quantitative estimate of drug-likeness (QED) is 0.621. The van der Waals surface area contributed by atoms with Crippen LogP contribution in [-0.4, -0.2) is 29.1 Å². The van der Waals surface area contributed by atoms with Crippen molar-refractivity contribution >= 4 is 0 Å². The Morgan fingerprint density at radius 2 is 1.47 bits per heavy atom. The highest BCUT2D eigenvalue weighted by Gasteiger charge is 2.46. The van der Waals surface area contributed by atoms with Crippen LogP contribution in [0.25, 0.3) is 0 Å². The lowest BCUT2D eigenvalue weighted by Crippen LogP contribution is -2.48. The molecule has 1 fully saturated rings. The smallest absolute Gasteiger partial charge is 0.0964 e. The Balaban J connectivity index is 1.64. The van der Waals surface area contributed by atoms with E-state index in [1.807, 2.05) is 42.7 Å². The van der Waals surface area contributed by atoms with E-state index in [1.54, 1.807) is 0 Å². The molecule has 1 heterocycles. The van der Waals surface area contributed by atoms with Crippen LogP contribution in [0, 0.1) is 5.92 Å². The topological polar surface area (TPSA) is 36.4 Å². The van der Waals surface area contributed by atoms with Crippen molar-refractivity contribution in [1.82, 2.24) is 9.88 Å². The Labute approximate surface area is 180 Å². The summed E-state index contributed by atoms with van der Waals surface area (Å²) in [5.41, 5.74) is 2.68. The monoisotopic (exact) mass is 400 g/mol. The first-order valence-corrected chi connectivity index (χ1v) is 10.9. The third-order valence-electron chi connectivity index (χ3n) is 7.15. The predicted octanol–water partition coefficient (Wildman–Crippen LogP) is 5.16. The normalized spacial score (nSPS) is 23.8. The van der Waals surface area contributed by atoms with Crippen LogP contribution >= 0.6 is 0 Å². The van der Waals surface area contributed by atoms with Crippen LogP contribution in [0.5, 0.6) is 0 Å². The zero-order valence-electron chi connectivity index (χ0n) is 18.0. The third kappa shape index (κ3) is 3.92. The van der Waals surface area contributed by atoms with Gasteiger partial charge in [0.2, 0.25) is 0 Å². The fourth-order valence-corrected chi connectivity index (χ4v) is 5.34. The van der Waals surface area contributed by atoms with Crippen molar-refractivity contribution in [2.75, 3.05) is 14.1 Å². The van der Waals surface area contributed by atoms with Gasteiger partial charge in [-0.05, 0) is 74.5 Å². The lowest BCUT2D eigenvalue weighted by Gasteiger charge is -2.49. The van der Waals surface area contributed by atoms with Crippen molar-refractivity contribution in [1.29, 1.82) is 0 Å². The molecule has 1 aromatic heterocycles. The van der Waals surface area contributed by atoms with E-state index in [0.717, 1.165) is 36.8 Å². The van der Waals surface area contributed by atoms with Crippen molar-refractivity contribution < 1.29 is 5.11 Å². The molecule has 0 spiro atoms. The number of benzene rings is 2. The first-order chi connectivity index (χ1) is 14.5. The molecule has 1 aliphatic carbocycles. The van der Waals surface area contributed by atoms with Crippen LogP contribution in [0.2, 0.25) is 0 Å². The van der Waals surface area contributed by atoms with Crippen LogP contribution in [0.3, 0.4) is 0 Å². The standard InChI is InChI=1S/C27H32N2O/c1-29(2)26(23-9-5-3-6-10-23)17-13-25(14-18-26)27(30,24-11-7-4-8-12-24)21-22-15-19-28-20-16-22/h3-12,15-16,19-20,25,30H,13-14,17-18,21H2,1-2H3. The number of pyridine rings is 1. The molecule has 0 radical (unpaired) electrons. The second-order valence-corrected chi connectivity index (χ2v) is 8.89. The Bertz CT molecular complexity index is 919. The number of aliphatic hydroxyl groups is 1. The molecule has 3 heteroatoms. The molecule has 4 rings (SSSR count). The van der Waals surface area contributed by atoms with Gasteiger partial charge in [-0.2, -0.15) is 0 Å². The minimum Gasteiger partial charge on any atom is -0.385 e. The Kier molecular flexibility index (Phi) is 6.03. The minimum atomic E-state index is -0.877. The van der Waals surface area contributed by atoms with Crippen LogP contribution in [0.15, 0.2) is 85.2 Å². The van der Waals surface area contributed by atoms with E-state index in [0.29, 0.717) is 6.42 Å². The fraction of sp³-hybridized carbons (Fsp3) is 0.370. The van der Waals surface area contributed by atoms with Crippen molar-refractivity contribution in [2.24, 2.45) is 5.92 Å². The predicted molar refractivity (Wildman–Crippen MR) is 122 cm³/mol. The van der Waals surface area contributed by atoms with Gasteiger partial charge in [0.1, 0.15) is 0 Å². The summed E-state index contributed by atoms with van der Waals surface area (Å²) in [6.07, 6.45) is 8.31. The average Bonchev–Trinajstić information content (AvgIpc) is 2.81. The van der Waals surface area contributed by atoms with Crippen LogP contribution < -0.4 is 0 Å². The van der Waals surface area contributed by atoms with Gasteiger partial charge in [-0.3, -0.25) is 9.88 Å². The summed E-state index contributed by atoms with van der Waals surface area (Å²) in [7, 11) is 4.38. The lowest BCUT2D eigenvalue weighted by atomic mass is 9.64. The molecule has 0 bridgehead atoms. The highest BCUT2D eigenvalue weighted by molar-refractivity contribution is 5.29. The molecule has 3 aromatic rings. The first kappa shape index (κ1) is 20.8. The Hall–Kier alpha value is -2.49. The number of nitrogens with zero attached hydrogens (tertiary/aromatic N) is 2. The van der Waals surface area contributed by atoms with Gasteiger partial charge < -0.3 is 5.11 Å². The lowest BCUT2D eigenvalue weighted by molar-refractivity contribution is -0.0603. The van der Waals surface area contributed by atoms with Crippen molar-refractivity contribution in [3.63, 3.8) is 0 Å². The van der Waals surface area contributed by atoms with Gasteiger partial charge in [-0.25, -0.2) is 0 Å². The second kappa shape index (κ2) is 8.71. The Morgan fingerprint density at radius 3 is 2.03 bits per heavy atom. The molecule has 1 N–H and O–H groups in total. The highest BCUT2D eigenvalue weighted by Crippen LogP contribution is 2.49. The second-order valence-electron chi connectivity index (χ2n) is 8.89. The van der Waals surface area contributed by atoms with Crippen molar-refractivity contribution in [3.05, 3.63) is 102 Å². The molecule has 3 nitrogen and oxygen atoms in total. The number of hydrogen-bond donors (Lipinski definition) is 1. The molecule has 156 valence electrons. The molecule has 0 aliphatic heterocycles. The minimum absolute atomic E-state index is 0.0338. The van der Waals surface area contributed by atoms with Gasteiger partial charge in [0.25, 0.3) is 0 Å². The molecule has 1 saturated carbocycles. The molecule has 1 aliphatic rings. The zero-order chi connectivity index (χ0) is 21.0. The van der Waals surface area contributed by atoms with Crippen molar-refractivity contribution in [2.45, 2.75) is 43.2 Å². The number of rotatable bonds is 6. The van der Waals surface area contributed by atoms with Gasteiger partial charge in [-0.1, -0.05) is 60.7 Å². The Morgan fingerprint density at radius 1 is 0.900 bits per heavy atom. The van der Waals surface area contributed by atoms with Gasteiger partial charge in [0.15, 0.2) is 0 Å². The first-order valence-electron chi connectivity index (χ1n) is 10.9. The summed E-state index contributed by atoms with van der Waals surface area (Å²) in [4.78, 5) is 6.52. The third-order valence-corrected chi connectivity index (χ3v) is 7.15.